The SMILES string of the molecule is CC(Cl)c1nnc(-c2ccc(F)c(Br)c2)s1. The second-order valence-electron chi connectivity index (χ2n) is 3.19. The predicted octanol–water partition coefficient (Wildman–Crippen LogP) is 4.41. The Morgan fingerprint density at radius 2 is 2.19 bits per heavy atom. The summed E-state index contributed by atoms with van der Waals surface area (Å²) >= 11 is 10.4. The van der Waals surface area contributed by atoms with Gasteiger partial charge in [0.15, 0.2) is 0 Å². The molecule has 1 unspecified atom stereocenters. The molecule has 0 saturated heterocycles. The Kier molecular flexibility index (Phi) is 3.56. The number of hydrogen-bond donors (Lipinski definition) is 0. The zero-order valence-corrected chi connectivity index (χ0v) is 11.4. The molecular formula is C10H7BrClFN2S. The van der Waals surface area contributed by atoms with E-state index in [2.05, 4.69) is 26.1 Å². The minimum atomic E-state index is -0.292. The van der Waals surface area contributed by atoms with E-state index in [1.54, 1.807) is 12.1 Å². The van der Waals surface area contributed by atoms with E-state index < -0.39 is 0 Å². The van der Waals surface area contributed by atoms with Gasteiger partial charge in [0, 0.05) is 5.56 Å². The summed E-state index contributed by atoms with van der Waals surface area (Å²) in [6.45, 7) is 1.84. The largest absolute Gasteiger partial charge is 0.206 e. The van der Waals surface area contributed by atoms with Crippen LogP contribution in [-0.4, -0.2) is 10.2 Å². The summed E-state index contributed by atoms with van der Waals surface area (Å²) < 4.78 is 13.5. The summed E-state index contributed by atoms with van der Waals surface area (Å²) in [4.78, 5) is 0. The third-order valence-electron chi connectivity index (χ3n) is 1.95. The van der Waals surface area contributed by atoms with Crippen molar-refractivity contribution in [2.75, 3.05) is 0 Å². The van der Waals surface area contributed by atoms with E-state index in [1.165, 1.54) is 17.4 Å². The van der Waals surface area contributed by atoms with Gasteiger partial charge >= 0.3 is 0 Å². The van der Waals surface area contributed by atoms with Gasteiger partial charge < -0.3 is 0 Å². The van der Waals surface area contributed by atoms with Crippen LogP contribution in [-0.2, 0) is 0 Å². The highest BCUT2D eigenvalue weighted by Gasteiger charge is 2.11. The molecule has 0 amide bonds. The van der Waals surface area contributed by atoms with E-state index in [1.807, 2.05) is 6.92 Å². The quantitative estimate of drug-likeness (QED) is 0.766. The monoisotopic (exact) mass is 320 g/mol. The molecule has 1 heterocycles. The van der Waals surface area contributed by atoms with Gasteiger partial charge in [-0.15, -0.1) is 21.8 Å². The van der Waals surface area contributed by atoms with Gasteiger partial charge in [0.1, 0.15) is 15.8 Å². The van der Waals surface area contributed by atoms with Crippen LogP contribution < -0.4 is 0 Å². The topological polar surface area (TPSA) is 25.8 Å². The molecule has 16 heavy (non-hydrogen) atoms. The first-order chi connectivity index (χ1) is 7.58. The summed E-state index contributed by atoms with van der Waals surface area (Å²) in [7, 11) is 0. The normalized spacial score (nSPS) is 12.8. The molecule has 1 aromatic heterocycles. The van der Waals surface area contributed by atoms with Gasteiger partial charge in [-0.3, -0.25) is 0 Å². The molecule has 0 spiro atoms. The van der Waals surface area contributed by atoms with Crippen LogP contribution in [0.3, 0.4) is 0 Å². The molecule has 0 aliphatic heterocycles. The van der Waals surface area contributed by atoms with Gasteiger partial charge in [-0.2, -0.15) is 0 Å². The van der Waals surface area contributed by atoms with Crippen molar-refractivity contribution >= 4 is 38.9 Å². The van der Waals surface area contributed by atoms with Gasteiger partial charge in [-0.05, 0) is 41.1 Å². The summed E-state index contributed by atoms with van der Waals surface area (Å²) in [5, 5.41) is 9.33. The number of benzene rings is 1. The van der Waals surface area contributed by atoms with Gasteiger partial charge in [0.2, 0.25) is 0 Å². The minimum Gasteiger partial charge on any atom is -0.206 e. The Balaban J connectivity index is 2.39. The highest BCUT2D eigenvalue weighted by atomic mass is 79.9. The van der Waals surface area contributed by atoms with Gasteiger partial charge in [0.25, 0.3) is 0 Å². The maximum atomic E-state index is 13.0. The molecule has 2 nitrogen and oxygen atoms in total. The van der Waals surface area contributed by atoms with Gasteiger partial charge in [0.05, 0.1) is 9.85 Å². The molecule has 0 radical (unpaired) electrons. The highest BCUT2D eigenvalue weighted by molar-refractivity contribution is 9.10. The van der Waals surface area contributed by atoms with E-state index in [-0.39, 0.29) is 11.2 Å². The standard InChI is InChI=1S/C10H7BrClFN2S/c1-5(12)9-14-15-10(16-9)6-2-3-8(13)7(11)4-6/h2-5H,1H3. The number of aromatic nitrogens is 2. The maximum absolute atomic E-state index is 13.0. The van der Waals surface area contributed by atoms with Crippen molar-refractivity contribution in [3.63, 3.8) is 0 Å². The molecule has 0 saturated carbocycles. The van der Waals surface area contributed by atoms with E-state index >= 15 is 0 Å². The lowest BCUT2D eigenvalue weighted by Gasteiger charge is -1.97. The fourth-order valence-corrected chi connectivity index (χ4v) is 2.47. The average molecular weight is 322 g/mol. The van der Waals surface area contributed by atoms with Gasteiger partial charge in [-0.25, -0.2) is 4.39 Å². The van der Waals surface area contributed by atoms with Crippen LogP contribution in [0, 0.1) is 5.82 Å². The Morgan fingerprint density at radius 1 is 1.44 bits per heavy atom. The van der Waals surface area contributed by atoms with Crippen molar-refractivity contribution in [3.8, 4) is 10.6 Å². The Hall–Kier alpha value is -0.520. The average Bonchev–Trinajstić information content (AvgIpc) is 2.71. The number of halogens is 3. The molecule has 0 aliphatic carbocycles. The lowest BCUT2D eigenvalue weighted by Crippen LogP contribution is -1.81. The number of nitrogens with zero attached hydrogens (tertiary/aromatic N) is 2. The van der Waals surface area contributed by atoms with E-state index in [0.29, 0.717) is 4.47 Å². The number of rotatable bonds is 2. The van der Waals surface area contributed by atoms with E-state index in [4.69, 9.17) is 11.6 Å². The number of alkyl halides is 1. The zero-order valence-electron chi connectivity index (χ0n) is 8.25. The van der Waals surface area contributed by atoms with Crippen LogP contribution in [0.2, 0.25) is 0 Å². The lowest BCUT2D eigenvalue weighted by atomic mass is 10.2. The van der Waals surface area contributed by atoms with Crippen molar-refractivity contribution in [2.45, 2.75) is 12.3 Å². The van der Waals surface area contributed by atoms with Crippen LogP contribution in [0.4, 0.5) is 4.39 Å². The first kappa shape index (κ1) is 12.0. The molecule has 2 aromatic rings. The first-order valence-electron chi connectivity index (χ1n) is 4.51. The third kappa shape index (κ3) is 2.42. The van der Waals surface area contributed by atoms with Crippen LogP contribution in [0.1, 0.15) is 17.3 Å². The van der Waals surface area contributed by atoms with Crippen molar-refractivity contribution in [2.24, 2.45) is 0 Å². The van der Waals surface area contributed by atoms with Crippen LogP contribution in [0.25, 0.3) is 10.6 Å². The van der Waals surface area contributed by atoms with Crippen molar-refractivity contribution in [1.82, 2.24) is 10.2 Å². The second kappa shape index (κ2) is 4.77. The first-order valence-corrected chi connectivity index (χ1v) is 6.55. The molecule has 6 heteroatoms. The summed E-state index contributed by atoms with van der Waals surface area (Å²) in [5.41, 5.74) is 0.828. The fourth-order valence-electron chi connectivity index (χ4n) is 1.14. The molecule has 0 fully saturated rings. The fraction of sp³-hybridized carbons (Fsp3) is 0.200. The zero-order chi connectivity index (χ0) is 11.7. The summed E-state index contributed by atoms with van der Waals surface area (Å²) in [5.74, 6) is -0.292. The highest BCUT2D eigenvalue weighted by Crippen LogP contribution is 2.31. The second-order valence-corrected chi connectivity index (χ2v) is 5.71. The molecule has 84 valence electrons. The molecule has 1 atom stereocenters. The van der Waals surface area contributed by atoms with Gasteiger partial charge in [-0.1, -0.05) is 11.3 Å². The lowest BCUT2D eigenvalue weighted by molar-refractivity contribution is 0.621. The molecule has 0 bridgehead atoms. The third-order valence-corrected chi connectivity index (χ3v) is 4.05. The summed E-state index contributed by atoms with van der Waals surface area (Å²) in [6.07, 6.45) is 0. The Labute approximate surface area is 110 Å². The molecule has 1 aromatic carbocycles. The number of hydrogen-bond acceptors (Lipinski definition) is 3. The van der Waals surface area contributed by atoms with Crippen LogP contribution in [0.5, 0.6) is 0 Å². The molecular weight excluding hydrogens is 315 g/mol. The Bertz CT molecular complexity index is 515. The predicted molar refractivity (Wildman–Crippen MR) is 67.3 cm³/mol. The van der Waals surface area contributed by atoms with E-state index in [9.17, 15) is 4.39 Å². The summed E-state index contributed by atoms with van der Waals surface area (Å²) in [6, 6.07) is 4.74. The Morgan fingerprint density at radius 3 is 2.75 bits per heavy atom. The van der Waals surface area contributed by atoms with Crippen molar-refractivity contribution in [1.29, 1.82) is 0 Å². The smallest absolute Gasteiger partial charge is 0.147 e. The molecule has 0 N–H and O–H groups in total. The van der Waals surface area contributed by atoms with E-state index in [0.717, 1.165) is 15.6 Å². The maximum Gasteiger partial charge on any atom is 0.147 e. The molecule has 0 aliphatic rings. The van der Waals surface area contributed by atoms with Crippen molar-refractivity contribution < 1.29 is 4.39 Å². The molecule has 2 rings (SSSR count). The van der Waals surface area contributed by atoms with Crippen LogP contribution in [0.15, 0.2) is 22.7 Å². The van der Waals surface area contributed by atoms with Crippen LogP contribution >= 0.6 is 38.9 Å². The van der Waals surface area contributed by atoms with Crippen molar-refractivity contribution in [3.05, 3.63) is 33.5 Å². The minimum absolute atomic E-state index is 0.157.